The third-order valence-corrected chi connectivity index (χ3v) is 3.41. The van der Waals surface area contributed by atoms with Crippen molar-refractivity contribution in [1.82, 2.24) is 14.8 Å². The van der Waals surface area contributed by atoms with E-state index in [2.05, 4.69) is 10.1 Å². The van der Waals surface area contributed by atoms with Crippen molar-refractivity contribution in [2.45, 2.75) is 6.54 Å². The molecule has 0 aliphatic heterocycles. The third-order valence-electron chi connectivity index (χ3n) is 3.21. The molecule has 0 aliphatic carbocycles. The largest absolute Gasteiger partial charge is 0.476 e. The van der Waals surface area contributed by atoms with Crippen LogP contribution in [0.15, 0.2) is 36.7 Å². The van der Waals surface area contributed by atoms with Crippen LogP contribution in [0.3, 0.4) is 0 Å². The number of pyridine rings is 1. The van der Waals surface area contributed by atoms with Crippen molar-refractivity contribution in [2.75, 3.05) is 0 Å². The van der Waals surface area contributed by atoms with Gasteiger partial charge in [0.05, 0.1) is 23.3 Å². The topological polar surface area (TPSA) is 91.8 Å². The van der Waals surface area contributed by atoms with E-state index in [-0.39, 0.29) is 17.8 Å². The Morgan fingerprint density at radius 3 is 2.91 bits per heavy atom. The molecule has 1 N–H and O–H groups in total. The first kappa shape index (κ1) is 14.0. The van der Waals surface area contributed by atoms with Crippen molar-refractivity contribution in [2.24, 2.45) is 0 Å². The molecule has 0 atom stereocenters. The summed E-state index contributed by atoms with van der Waals surface area (Å²) >= 11 is 5.93. The Labute approximate surface area is 130 Å². The zero-order valence-corrected chi connectivity index (χ0v) is 11.9. The monoisotopic (exact) mass is 312 g/mol. The lowest BCUT2D eigenvalue weighted by atomic mass is 10.1. The molecular formula is C15H9ClN4O2. The zero-order valence-electron chi connectivity index (χ0n) is 11.2. The van der Waals surface area contributed by atoms with Crippen LogP contribution in [0.2, 0.25) is 5.02 Å². The number of rotatable bonds is 3. The molecule has 0 aliphatic rings. The van der Waals surface area contributed by atoms with Gasteiger partial charge >= 0.3 is 5.97 Å². The van der Waals surface area contributed by atoms with Crippen molar-refractivity contribution >= 4 is 28.5 Å². The van der Waals surface area contributed by atoms with Crippen LogP contribution in [0.5, 0.6) is 0 Å². The fourth-order valence-electron chi connectivity index (χ4n) is 2.24. The number of benzene rings is 1. The highest BCUT2D eigenvalue weighted by Gasteiger charge is 2.17. The molecular weight excluding hydrogens is 304 g/mol. The Morgan fingerprint density at radius 2 is 2.18 bits per heavy atom. The summed E-state index contributed by atoms with van der Waals surface area (Å²) in [6, 6.07) is 9.15. The van der Waals surface area contributed by atoms with E-state index in [1.807, 2.05) is 24.3 Å². The van der Waals surface area contributed by atoms with Crippen LogP contribution in [0.1, 0.15) is 21.6 Å². The molecule has 2 heterocycles. The molecule has 0 saturated heterocycles. The fourth-order valence-corrected chi connectivity index (χ4v) is 2.40. The molecule has 0 amide bonds. The Hall–Kier alpha value is -2.91. The Balaban J connectivity index is 2.02. The number of carboxylic acid groups (broad SMARTS) is 1. The number of nitrogens with zero attached hydrogens (tertiary/aromatic N) is 4. The van der Waals surface area contributed by atoms with Gasteiger partial charge in [-0.1, -0.05) is 17.7 Å². The van der Waals surface area contributed by atoms with E-state index < -0.39 is 5.97 Å². The van der Waals surface area contributed by atoms with Crippen molar-refractivity contribution in [3.63, 3.8) is 0 Å². The van der Waals surface area contributed by atoms with Gasteiger partial charge in [-0.25, -0.2) is 4.79 Å². The van der Waals surface area contributed by atoms with Crippen LogP contribution in [0.4, 0.5) is 0 Å². The van der Waals surface area contributed by atoms with E-state index in [1.54, 1.807) is 12.3 Å². The van der Waals surface area contributed by atoms with Crippen molar-refractivity contribution < 1.29 is 9.90 Å². The maximum absolute atomic E-state index is 11.3. The van der Waals surface area contributed by atoms with Crippen molar-refractivity contribution in [1.29, 1.82) is 5.26 Å². The summed E-state index contributed by atoms with van der Waals surface area (Å²) in [5, 5.41) is 23.5. The summed E-state index contributed by atoms with van der Waals surface area (Å²) in [5.41, 5.74) is 1.56. The first-order valence-corrected chi connectivity index (χ1v) is 6.69. The van der Waals surface area contributed by atoms with E-state index in [0.29, 0.717) is 5.02 Å². The summed E-state index contributed by atoms with van der Waals surface area (Å²) in [7, 11) is 0. The number of hydrogen-bond acceptors (Lipinski definition) is 4. The fraction of sp³-hybridized carbons (Fsp3) is 0.0667. The van der Waals surface area contributed by atoms with E-state index in [4.69, 9.17) is 16.9 Å². The second-order valence-electron chi connectivity index (χ2n) is 4.66. The van der Waals surface area contributed by atoms with E-state index in [1.165, 1.54) is 10.9 Å². The lowest BCUT2D eigenvalue weighted by Gasteiger charge is -2.06. The summed E-state index contributed by atoms with van der Waals surface area (Å²) in [5.74, 6) is -1.18. The summed E-state index contributed by atoms with van der Waals surface area (Å²) < 4.78 is 1.29. The Bertz CT molecular complexity index is 927. The Morgan fingerprint density at radius 1 is 1.36 bits per heavy atom. The molecule has 6 nitrogen and oxygen atoms in total. The molecule has 7 heteroatoms. The van der Waals surface area contributed by atoms with E-state index in [0.717, 1.165) is 16.5 Å². The number of hydrogen-bond donors (Lipinski definition) is 1. The van der Waals surface area contributed by atoms with Gasteiger partial charge in [0, 0.05) is 11.6 Å². The second-order valence-corrected chi connectivity index (χ2v) is 5.10. The molecule has 0 unspecified atom stereocenters. The van der Waals surface area contributed by atoms with Gasteiger partial charge in [-0.3, -0.25) is 9.67 Å². The maximum Gasteiger partial charge on any atom is 0.355 e. The van der Waals surface area contributed by atoms with Crippen LogP contribution < -0.4 is 0 Å². The number of fused-ring (bicyclic) bond motifs is 1. The van der Waals surface area contributed by atoms with Gasteiger partial charge in [-0.2, -0.15) is 10.4 Å². The van der Waals surface area contributed by atoms with Crippen LogP contribution in [0.25, 0.3) is 10.9 Å². The predicted molar refractivity (Wildman–Crippen MR) is 79.8 cm³/mol. The summed E-state index contributed by atoms with van der Waals surface area (Å²) in [6.45, 7) is 0.242. The first-order valence-electron chi connectivity index (χ1n) is 6.32. The number of nitriles is 1. The minimum Gasteiger partial charge on any atom is -0.476 e. The summed E-state index contributed by atoms with van der Waals surface area (Å²) in [6.07, 6.45) is 2.82. The lowest BCUT2D eigenvalue weighted by Crippen LogP contribution is -2.12. The highest BCUT2D eigenvalue weighted by molar-refractivity contribution is 6.31. The molecule has 0 radical (unpaired) electrons. The quantitative estimate of drug-likeness (QED) is 0.802. The molecule has 0 saturated carbocycles. The van der Waals surface area contributed by atoms with Gasteiger partial charge in [0.25, 0.3) is 0 Å². The summed E-state index contributed by atoms with van der Waals surface area (Å²) in [4.78, 5) is 15.5. The molecule has 2 aromatic heterocycles. The average Bonchev–Trinajstić information content (AvgIpc) is 2.89. The molecule has 3 rings (SSSR count). The first-order chi connectivity index (χ1) is 10.6. The molecule has 22 heavy (non-hydrogen) atoms. The van der Waals surface area contributed by atoms with Crippen LogP contribution in [0, 0.1) is 11.3 Å². The number of halogens is 1. The number of aromatic nitrogens is 3. The molecule has 108 valence electrons. The van der Waals surface area contributed by atoms with Gasteiger partial charge in [-0.05, 0) is 23.8 Å². The van der Waals surface area contributed by atoms with Crippen LogP contribution in [-0.2, 0) is 6.54 Å². The molecule has 0 fully saturated rings. The van der Waals surface area contributed by atoms with E-state index >= 15 is 0 Å². The molecule has 0 spiro atoms. The van der Waals surface area contributed by atoms with Crippen LogP contribution >= 0.6 is 11.6 Å². The lowest BCUT2D eigenvalue weighted by molar-refractivity contribution is 0.0683. The van der Waals surface area contributed by atoms with Gasteiger partial charge in [0.1, 0.15) is 11.6 Å². The molecule has 1 aromatic carbocycles. The van der Waals surface area contributed by atoms with Gasteiger partial charge < -0.3 is 5.11 Å². The van der Waals surface area contributed by atoms with Gasteiger partial charge in [0.2, 0.25) is 0 Å². The van der Waals surface area contributed by atoms with Crippen molar-refractivity contribution in [3.8, 4) is 6.07 Å². The molecule has 0 bridgehead atoms. The third kappa shape index (κ3) is 2.50. The van der Waals surface area contributed by atoms with E-state index in [9.17, 15) is 9.90 Å². The smallest absolute Gasteiger partial charge is 0.355 e. The number of carbonyl (C=O) groups is 1. The second kappa shape index (κ2) is 5.47. The highest BCUT2D eigenvalue weighted by atomic mass is 35.5. The number of aromatic carboxylic acids is 1. The normalized spacial score (nSPS) is 10.5. The van der Waals surface area contributed by atoms with Gasteiger partial charge in [-0.15, -0.1) is 0 Å². The average molecular weight is 313 g/mol. The highest BCUT2D eigenvalue weighted by Crippen LogP contribution is 2.19. The SMILES string of the molecule is N#Cc1cnn(Cc2ccc3ncc(Cl)cc3c2)c1C(=O)O. The number of carboxylic acids is 1. The van der Waals surface area contributed by atoms with Crippen molar-refractivity contribution in [3.05, 3.63) is 58.5 Å². The minimum atomic E-state index is -1.18. The van der Waals surface area contributed by atoms with Crippen LogP contribution in [-0.4, -0.2) is 25.8 Å². The van der Waals surface area contributed by atoms with Gasteiger partial charge in [0.15, 0.2) is 5.69 Å². The Kier molecular flexibility index (Phi) is 3.49. The minimum absolute atomic E-state index is 0.0398. The predicted octanol–water partition coefficient (Wildman–Crippen LogP) is 2.70. The molecule has 3 aromatic rings. The standard InChI is InChI=1S/C15H9ClN4O2/c16-12-4-10-3-9(1-2-13(10)18-7-12)8-20-14(15(21)22)11(5-17)6-19-20/h1-4,6-7H,8H2,(H,21,22). The maximum atomic E-state index is 11.3. The zero-order chi connectivity index (χ0) is 15.7.